The molecule has 0 radical (unpaired) electrons. The molecule has 2 aliphatic carbocycles. The van der Waals surface area contributed by atoms with Crippen molar-refractivity contribution in [2.24, 2.45) is 0 Å². The lowest BCUT2D eigenvalue weighted by Crippen LogP contribution is -2.15. The SMILES string of the molecule is CC1(C)c2cc(-c3ncnc(-c4ccc(-c5ccc(-c6ccccc6)cc5)cc4)n3)ccc2-c2ccc(-n3c4ccccc4c4cc(-c5ccc6c7ccccc7n(-c7ccccc7)c6c5)ccc43)cc21.CC1(C)c2ccc(-c3ccccc3)cc2-c2cc(-c3ccnc(-n4c5ccccc5c5cc(-c6ccc7c8ccccc8n(-c8ccccc8)c7c6)ccc54)n3)ccc21. The van der Waals surface area contributed by atoms with Gasteiger partial charge in [0.1, 0.15) is 6.33 Å². The van der Waals surface area contributed by atoms with Gasteiger partial charge in [0.2, 0.25) is 5.95 Å². The zero-order valence-electron chi connectivity index (χ0n) is 72.0. The van der Waals surface area contributed by atoms with Crippen molar-refractivity contribution in [3.05, 3.63) is 453 Å². The Morgan fingerprint density at radius 3 is 1.07 bits per heavy atom. The third-order valence-electron chi connectivity index (χ3n) is 27.5. The fourth-order valence-corrected chi connectivity index (χ4v) is 21.0. The molecule has 6 heterocycles. The highest BCUT2D eigenvalue weighted by Gasteiger charge is 2.38. The summed E-state index contributed by atoms with van der Waals surface area (Å²) in [6.07, 6.45) is 3.53. The van der Waals surface area contributed by atoms with Gasteiger partial charge in [-0.25, -0.2) is 24.9 Å². The second kappa shape index (κ2) is 30.0. The molecule has 0 amide bonds. The van der Waals surface area contributed by atoms with E-state index in [1.165, 1.54) is 171 Å². The molecule has 130 heavy (non-hydrogen) atoms. The molecule has 24 aromatic rings. The van der Waals surface area contributed by atoms with Crippen molar-refractivity contribution in [1.29, 1.82) is 0 Å². The van der Waals surface area contributed by atoms with E-state index in [2.05, 4.69) is 457 Å². The summed E-state index contributed by atoms with van der Waals surface area (Å²) in [5, 5.41) is 9.82. The van der Waals surface area contributed by atoms with E-state index >= 15 is 0 Å². The molecule has 0 N–H and O–H groups in total. The minimum atomic E-state index is -0.269. The van der Waals surface area contributed by atoms with E-state index in [1.54, 1.807) is 6.33 Å². The molecule has 0 fully saturated rings. The molecule has 0 unspecified atom stereocenters. The number of hydrogen-bond acceptors (Lipinski definition) is 5. The molecule has 0 aliphatic heterocycles. The first-order valence-corrected chi connectivity index (χ1v) is 44.6. The highest BCUT2D eigenvalue weighted by molar-refractivity contribution is 6.15. The van der Waals surface area contributed by atoms with Gasteiger partial charge < -0.3 is 13.7 Å². The summed E-state index contributed by atoms with van der Waals surface area (Å²) in [6.45, 7) is 9.34. The summed E-state index contributed by atoms with van der Waals surface area (Å²) in [5.41, 5.74) is 38.6. The molecule has 2 aliphatic rings. The number of hydrogen-bond donors (Lipinski definition) is 0. The zero-order chi connectivity index (χ0) is 86.5. The van der Waals surface area contributed by atoms with Crippen LogP contribution in [0.15, 0.2) is 431 Å². The number of fused-ring (bicyclic) bond motifs is 18. The zero-order valence-corrected chi connectivity index (χ0v) is 72.0. The van der Waals surface area contributed by atoms with Gasteiger partial charge in [-0.05, 0) is 221 Å². The first kappa shape index (κ1) is 75.8. The van der Waals surface area contributed by atoms with Gasteiger partial charge in [-0.2, -0.15) is 0 Å². The fourth-order valence-electron chi connectivity index (χ4n) is 21.0. The molecule has 0 saturated heterocycles. The number of rotatable bonds is 12. The van der Waals surface area contributed by atoms with Gasteiger partial charge in [0.05, 0.1) is 49.8 Å². The molecule has 9 heteroatoms. The van der Waals surface area contributed by atoms with E-state index in [4.69, 9.17) is 19.9 Å². The summed E-state index contributed by atoms with van der Waals surface area (Å²) in [7, 11) is 0. The molecule has 0 atom stereocenters. The first-order valence-electron chi connectivity index (χ1n) is 44.6. The van der Waals surface area contributed by atoms with E-state index in [9.17, 15) is 0 Å². The van der Waals surface area contributed by atoms with Gasteiger partial charge in [-0.1, -0.05) is 325 Å². The predicted octanol–water partition coefficient (Wildman–Crippen LogP) is 30.7. The third-order valence-corrected chi connectivity index (χ3v) is 27.5. The first-order chi connectivity index (χ1) is 63.9. The summed E-state index contributed by atoms with van der Waals surface area (Å²) in [6, 6.07) is 152. The lowest BCUT2D eigenvalue weighted by Gasteiger charge is -2.23. The number of nitrogens with zero attached hydrogens (tertiary/aromatic N) is 9. The number of aromatic nitrogens is 9. The van der Waals surface area contributed by atoms with Crippen LogP contribution in [0.3, 0.4) is 0 Å². The van der Waals surface area contributed by atoms with Crippen molar-refractivity contribution in [3.8, 4) is 135 Å². The Hall–Kier alpha value is -16.8. The molecule has 0 spiro atoms. The Labute approximate surface area is 752 Å². The second-order valence-corrected chi connectivity index (χ2v) is 35.5. The van der Waals surface area contributed by atoms with E-state index in [-0.39, 0.29) is 10.8 Å². The molecule has 0 saturated carbocycles. The van der Waals surface area contributed by atoms with Crippen LogP contribution in [0.5, 0.6) is 0 Å². The standard InChI is InChI=1S/C66H45N5.C55H38N4/c1-66(2)58-38-49(65-68-41-67-64(69-65)46-27-25-45(26-28-46)44-23-21-43(22-24-44)42-13-5-3-6-14-42)30-33-52(58)53-35-32-51(40-59(53)66)71-61-20-12-10-18-55(61)57-37-47(31-36-62(57)71)48-29-34-56-54-17-9-11-19-60(54)70(63(56)39-48)50-15-7-4-8-16-50;1-55(2)47-26-22-36(35-13-5-3-6-14-35)31-44(47)45-33-39(23-27-48(45)55)49-29-30-56-54(57-49)59-51-20-12-10-18-42(51)46-32-37(24-28-52(46)59)38-21-25-43-41-17-9-11-19-50(41)58(53(43)34-38)40-15-7-4-8-16-40/h3-41H,1-2H3;3-34H,1-2H3. The lowest BCUT2D eigenvalue weighted by molar-refractivity contribution is 0.660. The molecule has 18 aromatic carbocycles. The summed E-state index contributed by atoms with van der Waals surface area (Å²) in [5.74, 6) is 1.97. The van der Waals surface area contributed by atoms with E-state index in [0.717, 1.165) is 56.0 Å². The van der Waals surface area contributed by atoms with Crippen LogP contribution in [0, 0.1) is 0 Å². The highest BCUT2D eigenvalue weighted by atomic mass is 15.2. The van der Waals surface area contributed by atoms with Crippen LogP contribution < -0.4 is 0 Å². The Balaban J connectivity index is 0.000000143. The average molecular weight is 1660 g/mol. The predicted molar refractivity (Wildman–Crippen MR) is 538 cm³/mol. The Morgan fingerprint density at radius 1 is 0.192 bits per heavy atom. The van der Waals surface area contributed by atoms with Crippen molar-refractivity contribution in [2.45, 2.75) is 38.5 Å². The summed E-state index contributed by atoms with van der Waals surface area (Å²) >= 11 is 0. The van der Waals surface area contributed by atoms with Gasteiger partial charge in [-0.3, -0.25) is 4.57 Å². The normalized spacial score (nSPS) is 12.9. The van der Waals surface area contributed by atoms with Crippen LogP contribution in [-0.2, 0) is 10.8 Å². The van der Waals surface area contributed by atoms with Crippen molar-refractivity contribution >= 4 is 87.2 Å². The maximum absolute atomic E-state index is 5.29. The molecular formula is C121H83N9. The van der Waals surface area contributed by atoms with Crippen LogP contribution in [0.1, 0.15) is 49.9 Å². The smallest absolute Gasteiger partial charge is 0.235 e. The van der Waals surface area contributed by atoms with Crippen molar-refractivity contribution < 1.29 is 0 Å². The van der Waals surface area contributed by atoms with E-state index in [0.29, 0.717) is 17.6 Å². The molecule has 9 nitrogen and oxygen atoms in total. The quantitative estimate of drug-likeness (QED) is 0.122. The number of benzene rings is 18. The van der Waals surface area contributed by atoms with E-state index in [1.807, 2.05) is 18.3 Å². The second-order valence-electron chi connectivity index (χ2n) is 35.5. The largest absolute Gasteiger partial charge is 0.309 e. The minimum absolute atomic E-state index is 0.0941. The maximum Gasteiger partial charge on any atom is 0.235 e. The maximum atomic E-state index is 5.29. The van der Waals surface area contributed by atoms with Gasteiger partial charge in [0, 0.05) is 93.9 Å². The topological polar surface area (TPSA) is 84.2 Å². The summed E-state index contributed by atoms with van der Waals surface area (Å²) in [4.78, 5) is 24.5. The molecule has 26 rings (SSSR count). The molecule has 0 bridgehead atoms. The summed E-state index contributed by atoms with van der Waals surface area (Å²) < 4.78 is 9.43. The van der Waals surface area contributed by atoms with Crippen molar-refractivity contribution in [3.63, 3.8) is 0 Å². The number of para-hydroxylation sites is 6. The molecule has 6 aromatic heterocycles. The lowest BCUT2D eigenvalue weighted by atomic mass is 9.82. The van der Waals surface area contributed by atoms with Crippen LogP contribution in [0.25, 0.3) is 222 Å². The van der Waals surface area contributed by atoms with E-state index < -0.39 is 0 Å². The average Bonchev–Trinajstić information content (AvgIpc) is 1.57. The van der Waals surface area contributed by atoms with Crippen molar-refractivity contribution in [1.82, 2.24) is 43.2 Å². The fraction of sp³-hybridized carbons (Fsp3) is 0.0496. The highest BCUT2D eigenvalue weighted by Crippen LogP contribution is 2.54. The Bertz CT molecular complexity index is 8690. The molecular weight excluding hydrogens is 1580 g/mol. The van der Waals surface area contributed by atoms with Gasteiger partial charge in [-0.15, -0.1) is 0 Å². The van der Waals surface area contributed by atoms with Crippen LogP contribution >= 0.6 is 0 Å². The Kier molecular flexibility index (Phi) is 17.5. The van der Waals surface area contributed by atoms with Crippen LogP contribution in [0.4, 0.5) is 0 Å². The molecule has 612 valence electrons. The third kappa shape index (κ3) is 12.3. The Morgan fingerprint density at radius 2 is 0.538 bits per heavy atom. The van der Waals surface area contributed by atoms with Crippen molar-refractivity contribution in [2.75, 3.05) is 0 Å². The monoisotopic (exact) mass is 1660 g/mol. The van der Waals surface area contributed by atoms with Gasteiger partial charge in [0.25, 0.3) is 0 Å². The van der Waals surface area contributed by atoms with Gasteiger partial charge in [0.15, 0.2) is 11.6 Å². The van der Waals surface area contributed by atoms with Crippen LogP contribution in [-0.4, -0.2) is 43.2 Å². The minimum Gasteiger partial charge on any atom is -0.309 e. The van der Waals surface area contributed by atoms with Gasteiger partial charge >= 0.3 is 0 Å². The van der Waals surface area contributed by atoms with Crippen LogP contribution in [0.2, 0.25) is 0 Å².